The minimum atomic E-state index is 0.712. The highest BCUT2D eigenvalue weighted by Gasteiger charge is 2.26. The first-order chi connectivity index (χ1) is 15.8. The summed E-state index contributed by atoms with van der Waals surface area (Å²) in [6.07, 6.45) is 1.76. The quantitative estimate of drug-likeness (QED) is 0.342. The lowest BCUT2D eigenvalue weighted by Gasteiger charge is -2.26. The number of oxime groups is 1. The summed E-state index contributed by atoms with van der Waals surface area (Å²) in [5.41, 5.74) is 4.83. The lowest BCUT2D eigenvalue weighted by atomic mass is 9.98. The summed E-state index contributed by atoms with van der Waals surface area (Å²) >= 11 is 1.75. The van der Waals surface area contributed by atoms with E-state index in [1.807, 2.05) is 48.5 Å². The Bertz CT molecular complexity index is 1590. The maximum absolute atomic E-state index is 6.15. The molecule has 5 nitrogen and oxygen atoms in total. The fourth-order valence-electron chi connectivity index (χ4n) is 4.25. The third kappa shape index (κ3) is 2.60. The van der Waals surface area contributed by atoms with Gasteiger partial charge in [-0.3, -0.25) is 0 Å². The first-order valence-electron chi connectivity index (χ1n) is 10.3. The van der Waals surface area contributed by atoms with Crippen molar-refractivity contribution >= 4 is 40.6 Å². The van der Waals surface area contributed by atoms with Gasteiger partial charge in [-0.1, -0.05) is 53.3 Å². The molecule has 0 atom stereocenters. The predicted octanol–water partition coefficient (Wildman–Crippen LogP) is 5.53. The first-order valence-corrected chi connectivity index (χ1v) is 11.1. The number of benzene rings is 4. The van der Waals surface area contributed by atoms with Crippen LogP contribution in [0.2, 0.25) is 0 Å². The molecule has 1 N–H and O–H groups in total. The minimum absolute atomic E-state index is 0.712. The largest absolute Gasteiger partial charge is 0.453 e. The van der Waals surface area contributed by atoms with Crippen LogP contribution < -0.4 is 25.5 Å². The second-order valence-corrected chi connectivity index (χ2v) is 8.69. The monoisotopic (exact) mass is 433 g/mol. The van der Waals surface area contributed by atoms with Crippen molar-refractivity contribution in [2.75, 3.05) is 5.32 Å². The molecule has 4 aromatic rings. The molecule has 3 heterocycles. The maximum atomic E-state index is 6.15. The van der Waals surface area contributed by atoms with Crippen LogP contribution in [0.3, 0.4) is 0 Å². The van der Waals surface area contributed by atoms with Crippen LogP contribution in [0.15, 0.2) is 98.8 Å². The molecule has 4 aromatic carbocycles. The number of anilines is 2. The summed E-state index contributed by atoms with van der Waals surface area (Å²) in [5.74, 6) is 2.20. The number of hydrogen-bond donors (Lipinski definition) is 1. The Morgan fingerprint density at radius 3 is 2.62 bits per heavy atom. The molecule has 0 amide bonds. The predicted molar refractivity (Wildman–Crippen MR) is 125 cm³/mol. The molecule has 152 valence electrons. The highest BCUT2D eigenvalue weighted by molar-refractivity contribution is 7.99. The van der Waals surface area contributed by atoms with Crippen LogP contribution in [0.5, 0.6) is 17.2 Å². The molecule has 0 aromatic heterocycles. The van der Waals surface area contributed by atoms with Crippen molar-refractivity contribution in [1.29, 1.82) is 0 Å². The Balaban J connectivity index is 1.53. The molecule has 0 spiro atoms. The van der Waals surface area contributed by atoms with Crippen molar-refractivity contribution in [2.24, 2.45) is 10.1 Å². The van der Waals surface area contributed by atoms with Gasteiger partial charge in [0.25, 0.3) is 0 Å². The minimum Gasteiger partial charge on any atom is -0.453 e. The molecule has 6 heteroatoms. The van der Waals surface area contributed by atoms with Gasteiger partial charge in [-0.2, -0.15) is 0 Å². The standard InChI is InChI=1S/C26H15N3O2S/c1-3-9-19-17(7-1)28-25-15(6-5-10-21(25)30-19)16-14-27-31-20-12-13-23-26(24(16)20)29-18-8-2-4-11-22(18)32-23/h1-14,29H. The fraction of sp³-hybridized carbons (Fsp3) is 0. The lowest BCUT2D eigenvalue weighted by molar-refractivity contribution is 0.340. The van der Waals surface area contributed by atoms with Crippen molar-refractivity contribution in [2.45, 2.75) is 9.79 Å². The second-order valence-electron chi connectivity index (χ2n) is 7.61. The van der Waals surface area contributed by atoms with Crippen molar-refractivity contribution in [1.82, 2.24) is 0 Å². The van der Waals surface area contributed by atoms with E-state index in [0.717, 1.165) is 55.2 Å². The zero-order valence-corrected chi connectivity index (χ0v) is 17.5. The highest BCUT2D eigenvalue weighted by Crippen LogP contribution is 2.49. The van der Waals surface area contributed by atoms with Crippen molar-refractivity contribution in [3.8, 4) is 17.2 Å². The summed E-state index contributed by atoms with van der Waals surface area (Å²) in [6.45, 7) is 0. The van der Waals surface area contributed by atoms with Crippen LogP contribution in [0.1, 0.15) is 5.56 Å². The lowest BCUT2D eigenvalue weighted by Crippen LogP contribution is -2.31. The molecule has 32 heavy (non-hydrogen) atoms. The van der Waals surface area contributed by atoms with E-state index in [9.17, 15) is 0 Å². The number of ether oxygens (including phenoxy) is 1. The zero-order chi connectivity index (χ0) is 21.1. The van der Waals surface area contributed by atoms with E-state index in [1.54, 1.807) is 18.0 Å². The van der Waals surface area contributed by atoms with E-state index >= 15 is 0 Å². The number of nitrogens with one attached hydrogen (secondary N) is 1. The smallest absolute Gasteiger partial charge is 0.168 e. The summed E-state index contributed by atoms with van der Waals surface area (Å²) in [6, 6.07) is 26.2. The maximum Gasteiger partial charge on any atom is 0.168 e. The van der Waals surface area contributed by atoms with E-state index in [2.05, 4.69) is 40.8 Å². The Hall–Kier alpha value is -4.03. The third-order valence-corrected chi connectivity index (χ3v) is 6.84. The molecular weight excluding hydrogens is 418 g/mol. The van der Waals surface area contributed by atoms with Gasteiger partial charge in [0.1, 0.15) is 11.0 Å². The SMILES string of the molecule is C1=NOc2ccc3c(c2C1=c1cccc2c1=Nc1ccccc1O2)Nc1ccccc1S3. The number of nitrogens with zero attached hydrogens (tertiary/aromatic N) is 2. The van der Waals surface area contributed by atoms with Gasteiger partial charge in [0.05, 0.1) is 23.2 Å². The van der Waals surface area contributed by atoms with Gasteiger partial charge in [0.2, 0.25) is 0 Å². The molecule has 3 aliphatic heterocycles. The molecule has 0 aliphatic carbocycles. The number of para-hydroxylation sites is 4. The van der Waals surface area contributed by atoms with Crippen LogP contribution in [-0.2, 0) is 0 Å². The van der Waals surface area contributed by atoms with Gasteiger partial charge in [-0.15, -0.1) is 0 Å². The van der Waals surface area contributed by atoms with Crippen LogP contribution in [0, 0.1) is 0 Å². The highest BCUT2D eigenvalue weighted by atomic mass is 32.2. The van der Waals surface area contributed by atoms with E-state index in [1.165, 1.54) is 4.90 Å². The summed E-state index contributed by atoms with van der Waals surface area (Å²) in [5, 5.41) is 9.54. The van der Waals surface area contributed by atoms with Crippen molar-refractivity contribution in [3.63, 3.8) is 0 Å². The van der Waals surface area contributed by atoms with Gasteiger partial charge >= 0.3 is 0 Å². The van der Waals surface area contributed by atoms with Crippen LogP contribution in [-0.4, -0.2) is 6.21 Å². The average molecular weight is 433 g/mol. The first kappa shape index (κ1) is 17.6. The summed E-state index contributed by atoms with van der Waals surface area (Å²) in [4.78, 5) is 12.9. The molecule has 0 fully saturated rings. The van der Waals surface area contributed by atoms with Crippen molar-refractivity contribution in [3.05, 3.63) is 95.0 Å². The second kappa shape index (κ2) is 6.73. The molecule has 0 radical (unpaired) electrons. The molecular formula is C26H15N3O2S. The number of fused-ring (bicyclic) bond motifs is 6. The molecule has 0 saturated carbocycles. The average Bonchev–Trinajstić information content (AvgIpc) is 2.85. The van der Waals surface area contributed by atoms with Crippen LogP contribution in [0.25, 0.3) is 5.57 Å². The molecule has 0 unspecified atom stereocenters. The van der Waals surface area contributed by atoms with Gasteiger partial charge in [-0.05, 0) is 42.5 Å². The fourth-order valence-corrected chi connectivity index (χ4v) is 5.25. The zero-order valence-electron chi connectivity index (χ0n) is 16.7. The Labute approximate surface area is 187 Å². The van der Waals surface area contributed by atoms with Gasteiger partial charge in [0, 0.05) is 20.6 Å². The normalized spacial score (nSPS) is 16.0. The number of hydrogen-bond acceptors (Lipinski definition) is 6. The van der Waals surface area contributed by atoms with Gasteiger partial charge in [0.15, 0.2) is 17.2 Å². The number of rotatable bonds is 0. The Morgan fingerprint density at radius 2 is 1.62 bits per heavy atom. The third-order valence-electron chi connectivity index (χ3n) is 5.70. The Kier molecular flexibility index (Phi) is 3.71. The van der Waals surface area contributed by atoms with Gasteiger partial charge < -0.3 is 14.9 Å². The van der Waals surface area contributed by atoms with Gasteiger partial charge in [-0.25, -0.2) is 4.99 Å². The topological polar surface area (TPSA) is 55.2 Å². The summed E-state index contributed by atoms with van der Waals surface area (Å²) in [7, 11) is 0. The molecule has 0 bridgehead atoms. The van der Waals surface area contributed by atoms with Crippen LogP contribution >= 0.6 is 11.8 Å². The Morgan fingerprint density at radius 1 is 0.750 bits per heavy atom. The van der Waals surface area contributed by atoms with E-state index in [4.69, 9.17) is 14.6 Å². The summed E-state index contributed by atoms with van der Waals surface area (Å²) < 4.78 is 6.15. The molecule has 3 aliphatic rings. The van der Waals surface area contributed by atoms with E-state index < -0.39 is 0 Å². The van der Waals surface area contributed by atoms with E-state index in [0.29, 0.717) is 5.75 Å². The van der Waals surface area contributed by atoms with E-state index in [-0.39, 0.29) is 0 Å². The van der Waals surface area contributed by atoms with Crippen LogP contribution in [0.4, 0.5) is 17.1 Å². The van der Waals surface area contributed by atoms with Crippen molar-refractivity contribution < 1.29 is 9.57 Å². The molecule has 0 saturated heterocycles. The molecule has 7 rings (SSSR count).